The molecule has 92 valence electrons. The Labute approximate surface area is 117 Å². The highest BCUT2D eigenvalue weighted by Crippen LogP contribution is 2.30. The van der Waals surface area contributed by atoms with Crippen molar-refractivity contribution in [3.8, 4) is 22.3 Å². The predicted molar refractivity (Wildman–Crippen MR) is 86.9 cm³/mol. The van der Waals surface area contributed by atoms with Crippen molar-refractivity contribution in [1.82, 2.24) is 0 Å². The summed E-state index contributed by atoms with van der Waals surface area (Å²) < 4.78 is 0. The average Bonchev–Trinajstić information content (AvgIpc) is 2.49. The zero-order valence-electron chi connectivity index (χ0n) is 11.0. The first-order valence-corrected chi connectivity index (χ1v) is 7.57. The van der Waals surface area contributed by atoms with Crippen LogP contribution in [0.3, 0.4) is 0 Å². The Balaban J connectivity index is 2.21. The Bertz CT molecular complexity index is 687. The maximum Gasteiger partial charge on any atom is 0.0393 e. The Hall–Kier alpha value is -2.12. The fraction of sp³-hybridized carbons (Fsp3) is 0. The van der Waals surface area contributed by atoms with Crippen molar-refractivity contribution in [2.24, 2.45) is 0 Å². The van der Waals surface area contributed by atoms with Crippen LogP contribution in [0.1, 0.15) is 0 Å². The third-order valence-corrected chi connectivity index (χ3v) is 4.32. The number of benzene rings is 3. The lowest BCUT2D eigenvalue weighted by Gasteiger charge is -2.12. The topological polar surface area (TPSA) is 0 Å². The summed E-state index contributed by atoms with van der Waals surface area (Å²) >= 11 is 0. The first-order chi connectivity index (χ1) is 9.36. The highest BCUT2D eigenvalue weighted by molar-refractivity contribution is 6.36. The van der Waals surface area contributed by atoms with Crippen molar-refractivity contribution in [2.45, 2.75) is 0 Å². The molecule has 0 aliphatic carbocycles. The van der Waals surface area contributed by atoms with Crippen LogP contribution in [0.5, 0.6) is 0 Å². The van der Waals surface area contributed by atoms with E-state index < -0.39 is 0 Å². The molecule has 0 atom stereocenters. The molecule has 0 heterocycles. The van der Waals surface area contributed by atoms with Crippen molar-refractivity contribution in [3.05, 3.63) is 78.9 Å². The molecule has 0 N–H and O–H groups in total. The molecule has 0 spiro atoms. The van der Waals surface area contributed by atoms with E-state index in [-0.39, 0.29) is 0 Å². The summed E-state index contributed by atoms with van der Waals surface area (Å²) in [6.07, 6.45) is 0. The summed E-state index contributed by atoms with van der Waals surface area (Å²) in [6, 6.07) is 28.0. The molecule has 0 saturated heterocycles. The average molecular weight is 260 g/mol. The molecule has 3 aromatic rings. The number of hydrogen-bond donors (Lipinski definition) is 0. The first-order valence-electron chi connectivity index (χ1n) is 6.57. The van der Waals surface area contributed by atoms with Crippen molar-refractivity contribution in [3.63, 3.8) is 0 Å². The summed E-state index contributed by atoms with van der Waals surface area (Å²) in [4.78, 5) is 0. The Morgan fingerprint density at radius 3 is 1.68 bits per heavy atom. The van der Waals surface area contributed by atoms with Gasteiger partial charge in [0.25, 0.3) is 0 Å². The lowest BCUT2D eigenvalue weighted by atomic mass is 9.95. The van der Waals surface area contributed by atoms with Gasteiger partial charge < -0.3 is 0 Å². The van der Waals surface area contributed by atoms with E-state index in [9.17, 15) is 0 Å². The van der Waals surface area contributed by atoms with E-state index in [4.69, 9.17) is 0 Å². The molecule has 0 radical (unpaired) electrons. The van der Waals surface area contributed by atoms with Gasteiger partial charge in [0.2, 0.25) is 0 Å². The monoisotopic (exact) mass is 260 g/mol. The van der Waals surface area contributed by atoms with Crippen molar-refractivity contribution < 1.29 is 0 Å². The van der Waals surface area contributed by atoms with E-state index in [1.807, 2.05) is 0 Å². The van der Waals surface area contributed by atoms with Crippen LogP contribution in [0, 0.1) is 0 Å². The molecule has 1 heteroatoms. The number of hydrogen-bond acceptors (Lipinski definition) is 0. The van der Waals surface area contributed by atoms with E-state index in [1.54, 1.807) is 0 Å². The predicted octanol–water partition coefficient (Wildman–Crippen LogP) is 3.01. The van der Waals surface area contributed by atoms with Crippen LogP contribution in [0.2, 0.25) is 0 Å². The second kappa shape index (κ2) is 5.25. The van der Waals surface area contributed by atoms with Crippen molar-refractivity contribution in [2.75, 3.05) is 0 Å². The smallest absolute Gasteiger partial charge is 0.0393 e. The molecule has 3 rings (SSSR count). The van der Waals surface area contributed by atoms with Gasteiger partial charge >= 0.3 is 0 Å². The minimum absolute atomic E-state index is 1.07. The third kappa shape index (κ3) is 2.38. The first kappa shape index (κ1) is 11.9. The Morgan fingerprint density at radius 1 is 0.474 bits per heavy atom. The summed E-state index contributed by atoms with van der Waals surface area (Å²) in [5.74, 6) is 0. The van der Waals surface area contributed by atoms with Gasteiger partial charge in [-0.1, -0.05) is 84.0 Å². The summed E-state index contributed by atoms with van der Waals surface area (Å²) in [7, 11) is 1.07. The van der Waals surface area contributed by atoms with E-state index >= 15 is 0 Å². The molecule has 0 unspecified atom stereocenters. The van der Waals surface area contributed by atoms with Crippen LogP contribution < -0.4 is 5.19 Å². The molecular formula is C18H16Si. The van der Waals surface area contributed by atoms with Gasteiger partial charge in [-0.15, -0.1) is 0 Å². The lowest BCUT2D eigenvalue weighted by molar-refractivity contribution is 1.59. The van der Waals surface area contributed by atoms with Gasteiger partial charge in [0, 0.05) is 10.2 Å². The number of rotatable bonds is 2. The van der Waals surface area contributed by atoms with Crippen LogP contribution in [-0.2, 0) is 0 Å². The van der Waals surface area contributed by atoms with Crippen molar-refractivity contribution >= 4 is 15.4 Å². The molecular weight excluding hydrogens is 244 g/mol. The van der Waals surface area contributed by atoms with Crippen LogP contribution in [0.15, 0.2) is 78.9 Å². The van der Waals surface area contributed by atoms with Gasteiger partial charge in [-0.05, 0) is 22.3 Å². The molecule has 19 heavy (non-hydrogen) atoms. The zero-order chi connectivity index (χ0) is 13.1. The van der Waals surface area contributed by atoms with Crippen LogP contribution in [0.4, 0.5) is 0 Å². The van der Waals surface area contributed by atoms with Gasteiger partial charge in [0.05, 0.1) is 0 Å². The normalized spacial score (nSPS) is 10.5. The Morgan fingerprint density at radius 2 is 1.00 bits per heavy atom. The molecule has 0 amide bonds. The van der Waals surface area contributed by atoms with Gasteiger partial charge in [-0.3, -0.25) is 0 Å². The lowest BCUT2D eigenvalue weighted by Crippen LogP contribution is -2.05. The molecule has 0 nitrogen and oxygen atoms in total. The maximum atomic E-state index is 2.23. The van der Waals surface area contributed by atoms with Crippen LogP contribution in [0.25, 0.3) is 22.3 Å². The fourth-order valence-electron chi connectivity index (χ4n) is 2.46. The molecule has 0 bridgehead atoms. The van der Waals surface area contributed by atoms with E-state index in [0.717, 1.165) is 10.2 Å². The molecule has 0 aliphatic rings. The highest BCUT2D eigenvalue weighted by atomic mass is 28.1. The quantitative estimate of drug-likeness (QED) is 0.621. The molecule has 0 aromatic heterocycles. The van der Waals surface area contributed by atoms with Gasteiger partial charge in [-0.2, -0.15) is 0 Å². The van der Waals surface area contributed by atoms with Gasteiger partial charge in [0.1, 0.15) is 0 Å². The van der Waals surface area contributed by atoms with Crippen molar-refractivity contribution in [1.29, 1.82) is 0 Å². The van der Waals surface area contributed by atoms with E-state index in [0.29, 0.717) is 0 Å². The maximum absolute atomic E-state index is 2.23. The molecule has 0 fully saturated rings. The minimum Gasteiger partial charge on any atom is -0.0634 e. The Kier molecular flexibility index (Phi) is 3.30. The van der Waals surface area contributed by atoms with Gasteiger partial charge in [0.15, 0.2) is 0 Å². The SMILES string of the molecule is [SiH3]c1ccccc1-c1ccccc1-c1ccccc1. The second-order valence-electron chi connectivity index (χ2n) is 4.73. The molecule has 3 aromatic carbocycles. The zero-order valence-corrected chi connectivity index (χ0v) is 13.0. The van der Waals surface area contributed by atoms with Crippen LogP contribution >= 0.6 is 0 Å². The van der Waals surface area contributed by atoms with E-state index in [1.165, 1.54) is 27.4 Å². The molecule has 0 saturated carbocycles. The summed E-state index contributed by atoms with van der Waals surface area (Å²) in [5.41, 5.74) is 5.29. The second-order valence-corrected chi connectivity index (χ2v) is 5.80. The van der Waals surface area contributed by atoms with Gasteiger partial charge in [-0.25, -0.2) is 0 Å². The minimum atomic E-state index is 1.07. The summed E-state index contributed by atoms with van der Waals surface area (Å²) in [6.45, 7) is 0. The fourth-order valence-corrected chi connectivity index (χ4v) is 3.09. The van der Waals surface area contributed by atoms with Crippen LogP contribution in [-0.4, -0.2) is 10.2 Å². The molecule has 0 aliphatic heterocycles. The highest BCUT2D eigenvalue weighted by Gasteiger charge is 2.07. The van der Waals surface area contributed by atoms with E-state index in [2.05, 4.69) is 78.9 Å². The summed E-state index contributed by atoms with van der Waals surface area (Å²) in [5, 5.41) is 1.45. The largest absolute Gasteiger partial charge is 0.0634 e. The third-order valence-electron chi connectivity index (χ3n) is 3.45. The standard InChI is InChI=1S/C18H16Si/c19-18-13-7-6-12-17(18)16-11-5-4-10-15(16)14-8-2-1-3-9-14/h1-13H,19H3.